The van der Waals surface area contributed by atoms with Crippen molar-refractivity contribution in [1.82, 2.24) is 15.0 Å². The van der Waals surface area contributed by atoms with Crippen LogP contribution in [0.3, 0.4) is 0 Å². The van der Waals surface area contributed by atoms with Crippen LogP contribution >= 0.6 is 23.1 Å². The van der Waals surface area contributed by atoms with Crippen molar-refractivity contribution in [2.75, 3.05) is 5.75 Å². The van der Waals surface area contributed by atoms with Gasteiger partial charge >= 0.3 is 5.97 Å². The summed E-state index contributed by atoms with van der Waals surface area (Å²) in [5.41, 5.74) is 2.07. The summed E-state index contributed by atoms with van der Waals surface area (Å²) in [5.74, 6) is -0.278. The Balaban J connectivity index is 1.43. The summed E-state index contributed by atoms with van der Waals surface area (Å²) < 4.78 is 5.31. The first-order valence-electron chi connectivity index (χ1n) is 8.63. The molecule has 3 heterocycles. The minimum Gasteiger partial charge on any atom is -0.460 e. The molecule has 4 rings (SSSR count). The summed E-state index contributed by atoms with van der Waals surface area (Å²) in [7, 11) is 0. The summed E-state index contributed by atoms with van der Waals surface area (Å²) in [6.45, 7) is 4.02. The number of nitrogens with one attached hydrogen (secondary N) is 1. The number of esters is 1. The van der Waals surface area contributed by atoms with E-state index in [1.807, 2.05) is 38.1 Å². The first-order valence-corrected chi connectivity index (χ1v) is 10.4. The molecule has 1 N–H and O–H groups in total. The second kappa shape index (κ2) is 7.73. The van der Waals surface area contributed by atoms with Crippen LogP contribution in [0.25, 0.3) is 21.1 Å². The van der Waals surface area contributed by atoms with E-state index in [0.29, 0.717) is 5.56 Å². The van der Waals surface area contributed by atoms with Crippen molar-refractivity contribution in [3.63, 3.8) is 0 Å². The van der Waals surface area contributed by atoms with Gasteiger partial charge in [-0.1, -0.05) is 30.0 Å². The van der Waals surface area contributed by atoms with Crippen LogP contribution in [-0.4, -0.2) is 26.7 Å². The zero-order valence-corrected chi connectivity index (χ0v) is 16.9. The highest BCUT2D eigenvalue weighted by atomic mass is 32.2. The number of hydrogen-bond acceptors (Lipinski definition) is 7. The van der Waals surface area contributed by atoms with Gasteiger partial charge in [0, 0.05) is 15.8 Å². The maximum Gasteiger partial charge on any atom is 0.316 e. The number of rotatable bonds is 5. The van der Waals surface area contributed by atoms with Crippen LogP contribution in [0.4, 0.5) is 0 Å². The topological polar surface area (TPSA) is 84.9 Å². The molecule has 0 aliphatic carbocycles. The van der Waals surface area contributed by atoms with Crippen LogP contribution < -0.4 is 5.56 Å². The molecule has 0 saturated heterocycles. The van der Waals surface area contributed by atoms with E-state index in [-0.39, 0.29) is 17.9 Å². The molecule has 0 fully saturated rings. The fourth-order valence-corrected chi connectivity index (χ4v) is 4.80. The number of fused-ring (bicyclic) bond motifs is 2. The van der Waals surface area contributed by atoms with Crippen LogP contribution in [0.1, 0.15) is 16.0 Å². The fraction of sp³-hybridized carbons (Fsp3) is 0.200. The predicted molar refractivity (Wildman–Crippen MR) is 112 cm³/mol. The molecule has 8 heteroatoms. The largest absolute Gasteiger partial charge is 0.460 e. The molecule has 142 valence electrons. The Morgan fingerprint density at radius 2 is 2.07 bits per heavy atom. The van der Waals surface area contributed by atoms with Crippen molar-refractivity contribution < 1.29 is 9.53 Å². The normalized spacial score (nSPS) is 11.2. The Bertz CT molecular complexity index is 1250. The number of para-hydroxylation sites is 1. The average Bonchev–Trinajstić information content (AvgIpc) is 2.99. The zero-order valence-electron chi connectivity index (χ0n) is 15.3. The highest BCUT2D eigenvalue weighted by molar-refractivity contribution is 8.00. The zero-order chi connectivity index (χ0) is 19.7. The number of nitrogens with zero attached hydrogens (tertiary/aromatic N) is 2. The molecular formula is C20H17N3O3S2. The van der Waals surface area contributed by atoms with Crippen molar-refractivity contribution in [1.29, 1.82) is 0 Å². The van der Waals surface area contributed by atoms with Gasteiger partial charge in [0.2, 0.25) is 0 Å². The van der Waals surface area contributed by atoms with Crippen LogP contribution in [0.2, 0.25) is 0 Å². The molecule has 0 saturated carbocycles. The quantitative estimate of drug-likeness (QED) is 0.304. The standard InChI is InChI=1S/C20H17N3O3S2/c1-11-12(2)28-20-17(11)19(21-10-22-20)27-9-16(24)26-8-14-7-13-5-3-4-6-15(13)23-18(14)25/h3-7,10H,8-9H2,1-2H3,(H,23,25). The molecule has 0 bridgehead atoms. The lowest BCUT2D eigenvalue weighted by molar-refractivity contribution is -0.141. The molecule has 0 aliphatic heterocycles. The van der Waals surface area contributed by atoms with Gasteiger partial charge in [-0.25, -0.2) is 9.97 Å². The van der Waals surface area contributed by atoms with Gasteiger partial charge < -0.3 is 9.72 Å². The van der Waals surface area contributed by atoms with Gasteiger partial charge in [-0.15, -0.1) is 11.3 Å². The lowest BCUT2D eigenvalue weighted by Crippen LogP contribution is -2.16. The van der Waals surface area contributed by atoms with Gasteiger partial charge in [0.25, 0.3) is 5.56 Å². The number of thiophene rings is 1. The Morgan fingerprint density at radius 3 is 2.93 bits per heavy atom. The lowest BCUT2D eigenvalue weighted by Gasteiger charge is -2.06. The van der Waals surface area contributed by atoms with Gasteiger partial charge in [-0.05, 0) is 36.9 Å². The number of carbonyl (C=O) groups is 1. The summed E-state index contributed by atoms with van der Waals surface area (Å²) in [6, 6.07) is 9.23. The predicted octanol–water partition coefficient (Wildman–Crippen LogP) is 3.99. The number of aryl methyl sites for hydroxylation is 2. The summed E-state index contributed by atoms with van der Waals surface area (Å²) in [6.07, 6.45) is 1.51. The van der Waals surface area contributed by atoms with Gasteiger partial charge in [-0.2, -0.15) is 0 Å². The van der Waals surface area contributed by atoms with Crippen molar-refractivity contribution in [3.8, 4) is 0 Å². The van der Waals surface area contributed by atoms with E-state index < -0.39 is 5.97 Å². The molecule has 4 aromatic rings. The summed E-state index contributed by atoms with van der Waals surface area (Å²) in [4.78, 5) is 37.9. The van der Waals surface area contributed by atoms with E-state index in [1.54, 1.807) is 17.4 Å². The third kappa shape index (κ3) is 3.65. The number of aromatic nitrogens is 3. The van der Waals surface area contributed by atoms with Crippen LogP contribution in [-0.2, 0) is 16.1 Å². The van der Waals surface area contributed by atoms with Crippen LogP contribution in [0, 0.1) is 13.8 Å². The minimum atomic E-state index is -0.395. The van der Waals surface area contributed by atoms with E-state index in [1.165, 1.54) is 23.0 Å². The highest BCUT2D eigenvalue weighted by Gasteiger charge is 2.14. The number of aromatic amines is 1. The Kier molecular flexibility index (Phi) is 5.15. The van der Waals surface area contributed by atoms with E-state index in [2.05, 4.69) is 15.0 Å². The average molecular weight is 412 g/mol. The third-order valence-corrected chi connectivity index (χ3v) is 6.55. The number of hydrogen-bond donors (Lipinski definition) is 1. The van der Waals surface area contributed by atoms with Gasteiger partial charge in [0.15, 0.2) is 0 Å². The third-order valence-electron chi connectivity index (χ3n) is 4.48. The molecule has 0 spiro atoms. The molecule has 0 amide bonds. The Labute approximate surface area is 169 Å². The highest BCUT2D eigenvalue weighted by Crippen LogP contribution is 2.34. The number of benzene rings is 1. The first-order chi connectivity index (χ1) is 13.5. The summed E-state index contributed by atoms with van der Waals surface area (Å²) >= 11 is 2.94. The molecule has 1 aromatic carbocycles. The van der Waals surface area contributed by atoms with Gasteiger partial charge in [0.1, 0.15) is 22.8 Å². The number of pyridine rings is 1. The van der Waals surface area contributed by atoms with Crippen LogP contribution in [0.15, 0.2) is 46.5 Å². The smallest absolute Gasteiger partial charge is 0.316 e. The van der Waals surface area contributed by atoms with Gasteiger partial charge in [0.05, 0.1) is 11.3 Å². The Morgan fingerprint density at radius 1 is 1.25 bits per heavy atom. The molecule has 0 unspecified atom stereocenters. The second-order valence-electron chi connectivity index (χ2n) is 6.30. The van der Waals surface area contributed by atoms with E-state index in [0.717, 1.165) is 31.7 Å². The van der Waals surface area contributed by atoms with Gasteiger partial charge in [-0.3, -0.25) is 9.59 Å². The van der Waals surface area contributed by atoms with Crippen molar-refractivity contribution >= 4 is 50.2 Å². The Hall–Kier alpha value is -2.71. The summed E-state index contributed by atoms with van der Waals surface area (Å²) in [5, 5.41) is 2.66. The minimum absolute atomic E-state index is 0.0602. The molecule has 0 radical (unpaired) electrons. The van der Waals surface area contributed by atoms with E-state index in [4.69, 9.17) is 4.74 Å². The first kappa shape index (κ1) is 18.6. The van der Waals surface area contributed by atoms with E-state index in [9.17, 15) is 9.59 Å². The molecule has 0 atom stereocenters. The maximum atomic E-state index is 12.2. The van der Waals surface area contributed by atoms with Crippen molar-refractivity contribution in [3.05, 3.63) is 63.0 Å². The molecule has 6 nitrogen and oxygen atoms in total. The monoisotopic (exact) mass is 411 g/mol. The molecule has 0 aliphatic rings. The maximum absolute atomic E-state index is 12.2. The number of ether oxygens (including phenoxy) is 1. The van der Waals surface area contributed by atoms with Crippen molar-refractivity contribution in [2.45, 2.75) is 25.5 Å². The second-order valence-corrected chi connectivity index (χ2v) is 8.47. The van der Waals surface area contributed by atoms with Crippen LogP contribution in [0.5, 0.6) is 0 Å². The van der Waals surface area contributed by atoms with E-state index >= 15 is 0 Å². The number of carbonyl (C=O) groups excluding carboxylic acids is 1. The SMILES string of the molecule is Cc1sc2ncnc(SCC(=O)OCc3cc4ccccc4[nH]c3=O)c2c1C. The molecule has 3 aromatic heterocycles. The number of H-pyrrole nitrogens is 1. The lowest BCUT2D eigenvalue weighted by atomic mass is 10.2. The fourth-order valence-electron chi connectivity index (χ4n) is 2.89. The number of thioether (sulfide) groups is 1. The molecular weight excluding hydrogens is 394 g/mol. The van der Waals surface area contributed by atoms with Crippen molar-refractivity contribution in [2.24, 2.45) is 0 Å². The molecule has 28 heavy (non-hydrogen) atoms.